The van der Waals surface area contributed by atoms with Crippen LogP contribution >= 0.6 is 0 Å². The van der Waals surface area contributed by atoms with Crippen molar-refractivity contribution in [3.05, 3.63) is 0 Å². The van der Waals surface area contributed by atoms with E-state index in [9.17, 15) is 0 Å². The Morgan fingerprint density at radius 2 is 2.18 bits per heavy atom. The second-order valence-electron chi connectivity index (χ2n) is 6.05. The van der Waals surface area contributed by atoms with Gasteiger partial charge in [0, 0.05) is 25.7 Å². The van der Waals surface area contributed by atoms with Gasteiger partial charge in [-0.15, -0.1) is 0 Å². The number of nitrogens with two attached hydrogens (primary N) is 1. The highest BCUT2D eigenvalue weighted by atomic mass is 16.5. The van der Waals surface area contributed by atoms with Gasteiger partial charge in [0.25, 0.3) is 0 Å². The molecule has 0 amide bonds. The van der Waals surface area contributed by atoms with Crippen molar-refractivity contribution in [1.82, 2.24) is 4.90 Å². The zero-order chi connectivity index (χ0) is 12.3. The largest absolute Gasteiger partial charge is 0.374 e. The molecule has 0 bridgehead atoms. The molecule has 3 atom stereocenters. The van der Waals surface area contributed by atoms with Crippen LogP contribution in [0.2, 0.25) is 0 Å². The van der Waals surface area contributed by atoms with E-state index in [2.05, 4.69) is 18.7 Å². The summed E-state index contributed by atoms with van der Waals surface area (Å²) in [6, 6.07) is 0.786. The first-order valence-corrected chi connectivity index (χ1v) is 7.26. The number of rotatable bonds is 3. The first-order valence-electron chi connectivity index (χ1n) is 7.26. The molecule has 2 fully saturated rings. The third-order valence-corrected chi connectivity index (χ3v) is 4.58. The van der Waals surface area contributed by atoms with Gasteiger partial charge in [-0.2, -0.15) is 0 Å². The number of hydrogen-bond acceptors (Lipinski definition) is 3. The Hall–Kier alpha value is -0.120. The Kier molecular flexibility index (Phi) is 4.83. The molecule has 1 heterocycles. The molecule has 0 aromatic heterocycles. The van der Waals surface area contributed by atoms with Crippen LogP contribution in [0.25, 0.3) is 0 Å². The molecule has 3 unspecified atom stereocenters. The van der Waals surface area contributed by atoms with Gasteiger partial charge in [-0.1, -0.05) is 26.7 Å². The molecule has 0 aromatic carbocycles. The Morgan fingerprint density at radius 3 is 2.88 bits per heavy atom. The van der Waals surface area contributed by atoms with Gasteiger partial charge in [0.05, 0.1) is 12.7 Å². The summed E-state index contributed by atoms with van der Waals surface area (Å²) >= 11 is 0. The van der Waals surface area contributed by atoms with Gasteiger partial charge in [-0.3, -0.25) is 4.90 Å². The molecule has 2 aliphatic rings. The Morgan fingerprint density at radius 1 is 1.35 bits per heavy atom. The molecule has 0 spiro atoms. The summed E-state index contributed by atoms with van der Waals surface area (Å²) in [4.78, 5) is 2.63. The molecule has 2 rings (SSSR count). The first kappa shape index (κ1) is 13.3. The van der Waals surface area contributed by atoms with Crippen LogP contribution in [0.15, 0.2) is 0 Å². The lowest BCUT2D eigenvalue weighted by atomic mass is 9.78. The smallest absolute Gasteiger partial charge is 0.0824 e. The van der Waals surface area contributed by atoms with Crippen molar-refractivity contribution in [2.24, 2.45) is 17.6 Å². The molecule has 1 aliphatic carbocycles. The van der Waals surface area contributed by atoms with Crippen molar-refractivity contribution < 1.29 is 4.74 Å². The van der Waals surface area contributed by atoms with Crippen LogP contribution in [0.5, 0.6) is 0 Å². The third-order valence-electron chi connectivity index (χ3n) is 4.58. The maximum absolute atomic E-state index is 5.72. The summed E-state index contributed by atoms with van der Waals surface area (Å²) in [5, 5.41) is 0. The quantitative estimate of drug-likeness (QED) is 0.818. The highest BCUT2D eigenvalue weighted by molar-refractivity contribution is 4.84. The van der Waals surface area contributed by atoms with Gasteiger partial charge < -0.3 is 10.5 Å². The lowest BCUT2D eigenvalue weighted by Crippen LogP contribution is -2.51. The highest BCUT2D eigenvalue weighted by Gasteiger charge is 2.31. The summed E-state index contributed by atoms with van der Waals surface area (Å²) in [7, 11) is 0. The van der Waals surface area contributed by atoms with Crippen LogP contribution in [-0.4, -0.2) is 43.3 Å². The van der Waals surface area contributed by atoms with E-state index < -0.39 is 0 Å². The molecule has 0 radical (unpaired) electrons. The minimum absolute atomic E-state index is 0.267. The van der Waals surface area contributed by atoms with E-state index in [1.54, 1.807) is 0 Å². The molecular formula is C14H28N2O. The molecule has 1 aliphatic heterocycles. The minimum atomic E-state index is 0.267. The van der Waals surface area contributed by atoms with Gasteiger partial charge in [0.1, 0.15) is 0 Å². The maximum atomic E-state index is 5.72. The summed E-state index contributed by atoms with van der Waals surface area (Å²) in [6.07, 6.45) is 5.86. The molecule has 0 aromatic rings. The predicted molar refractivity (Wildman–Crippen MR) is 71.0 cm³/mol. The molecular weight excluding hydrogens is 212 g/mol. The molecule has 2 N–H and O–H groups in total. The number of hydrogen-bond donors (Lipinski definition) is 1. The fraction of sp³-hybridized carbons (Fsp3) is 1.00. The van der Waals surface area contributed by atoms with Gasteiger partial charge in [-0.05, 0) is 24.7 Å². The molecule has 1 saturated carbocycles. The van der Waals surface area contributed by atoms with Crippen molar-refractivity contribution in [2.45, 2.75) is 51.7 Å². The molecule has 1 saturated heterocycles. The summed E-state index contributed by atoms with van der Waals surface area (Å²) in [5.74, 6) is 1.76. The minimum Gasteiger partial charge on any atom is -0.374 e. The number of morpholine rings is 1. The van der Waals surface area contributed by atoms with Crippen molar-refractivity contribution in [1.29, 1.82) is 0 Å². The normalized spacial score (nSPS) is 36.4. The van der Waals surface area contributed by atoms with E-state index in [1.807, 2.05) is 0 Å². The fourth-order valence-corrected chi connectivity index (χ4v) is 3.35. The third kappa shape index (κ3) is 3.43. The van der Waals surface area contributed by atoms with Gasteiger partial charge in [0.15, 0.2) is 0 Å². The number of nitrogens with zero attached hydrogens (tertiary/aromatic N) is 1. The van der Waals surface area contributed by atoms with Crippen molar-refractivity contribution in [3.8, 4) is 0 Å². The van der Waals surface area contributed by atoms with E-state index in [-0.39, 0.29) is 6.10 Å². The SMILES string of the molecule is CC(C)C1CCCC(N2CCOC(CN)C2)C1. The monoisotopic (exact) mass is 240 g/mol. The van der Waals surface area contributed by atoms with Crippen molar-refractivity contribution in [3.63, 3.8) is 0 Å². The molecule has 3 heteroatoms. The van der Waals surface area contributed by atoms with Gasteiger partial charge >= 0.3 is 0 Å². The van der Waals surface area contributed by atoms with Crippen molar-refractivity contribution in [2.75, 3.05) is 26.2 Å². The summed E-state index contributed by atoms with van der Waals surface area (Å²) in [5.41, 5.74) is 5.72. The van der Waals surface area contributed by atoms with Gasteiger partial charge in [-0.25, -0.2) is 0 Å². The molecule has 100 valence electrons. The number of ether oxygens (including phenoxy) is 1. The average Bonchev–Trinajstić information content (AvgIpc) is 2.39. The fourth-order valence-electron chi connectivity index (χ4n) is 3.35. The zero-order valence-electron chi connectivity index (χ0n) is 11.4. The Labute approximate surface area is 106 Å². The zero-order valence-corrected chi connectivity index (χ0v) is 11.4. The van der Waals surface area contributed by atoms with E-state index in [0.29, 0.717) is 6.54 Å². The van der Waals surface area contributed by atoms with E-state index in [0.717, 1.165) is 37.6 Å². The van der Waals surface area contributed by atoms with Crippen LogP contribution in [0, 0.1) is 11.8 Å². The second kappa shape index (κ2) is 6.17. The predicted octanol–water partition coefficient (Wildman–Crippen LogP) is 1.86. The second-order valence-corrected chi connectivity index (χ2v) is 6.05. The van der Waals surface area contributed by atoms with Gasteiger partial charge in [0.2, 0.25) is 0 Å². The van der Waals surface area contributed by atoms with E-state index >= 15 is 0 Å². The molecule has 17 heavy (non-hydrogen) atoms. The van der Waals surface area contributed by atoms with Crippen LogP contribution < -0.4 is 5.73 Å². The van der Waals surface area contributed by atoms with E-state index in [1.165, 1.54) is 25.7 Å². The van der Waals surface area contributed by atoms with Crippen molar-refractivity contribution >= 4 is 0 Å². The Balaban J connectivity index is 1.88. The molecule has 3 nitrogen and oxygen atoms in total. The maximum Gasteiger partial charge on any atom is 0.0824 e. The van der Waals surface area contributed by atoms with E-state index in [4.69, 9.17) is 10.5 Å². The van der Waals surface area contributed by atoms with Crippen LogP contribution in [0.1, 0.15) is 39.5 Å². The van der Waals surface area contributed by atoms with Crippen LogP contribution in [0.3, 0.4) is 0 Å². The first-order chi connectivity index (χ1) is 8.20. The standard InChI is InChI=1S/C14H28N2O/c1-11(2)12-4-3-5-13(8-12)16-6-7-17-14(9-15)10-16/h11-14H,3-10,15H2,1-2H3. The van der Waals surface area contributed by atoms with Crippen LogP contribution in [0.4, 0.5) is 0 Å². The highest BCUT2D eigenvalue weighted by Crippen LogP contribution is 2.33. The van der Waals surface area contributed by atoms with Crippen LogP contribution in [-0.2, 0) is 4.74 Å². The summed E-state index contributed by atoms with van der Waals surface area (Å²) < 4.78 is 5.66. The summed E-state index contributed by atoms with van der Waals surface area (Å²) in [6.45, 7) is 8.42. The average molecular weight is 240 g/mol. The lowest BCUT2D eigenvalue weighted by molar-refractivity contribution is -0.0482. The lowest BCUT2D eigenvalue weighted by Gasteiger charge is -2.42. The Bertz CT molecular complexity index is 232. The topological polar surface area (TPSA) is 38.5 Å².